The Hall–Kier alpha value is -1.21. The topological polar surface area (TPSA) is 75.5 Å². The molecule has 0 radical (unpaired) electrons. The molecule has 1 saturated heterocycles. The zero-order chi connectivity index (χ0) is 10.8. The monoisotopic (exact) mass is 229 g/mol. The summed E-state index contributed by atoms with van der Waals surface area (Å²) in [7, 11) is 0. The second kappa shape index (κ2) is 4.11. The van der Waals surface area contributed by atoms with Crippen LogP contribution < -0.4 is 4.90 Å². The number of ether oxygens (including phenoxy) is 1. The van der Waals surface area contributed by atoms with Crippen LogP contribution in [0, 0.1) is 0 Å². The molecule has 2 rings (SSSR count). The van der Waals surface area contributed by atoms with Crippen LogP contribution in [0.15, 0.2) is 5.51 Å². The number of morpholine rings is 1. The van der Waals surface area contributed by atoms with Gasteiger partial charge in [0.2, 0.25) is 5.13 Å². The van der Waals surface area contributed by atoms with E-state index < -0.39 is 12.0 Å². The van der Waals surface area contributed by atoms with Crippen LogP contribution in [0.25, 0.3) is 0 Å². The van der Waals surface area contributed by atoms with E-state index in [2.05, 4.69) is 10.2 Å². The minimum absolute atomic E-state index is 0.333. The van der Waals surface area contributed by atoms with Crippen LogP contribution in [-0.2, 0) is 9.53 Å². The summed E-state index contributed by atoms with van der Waals surface area (Å²) in [6.07, 6.45) is -0.333. The first kappa shape index (κ1) is 10.3. The molecule has 82 valence electrons. The molecule has 6 nitrogen and oxygen atoms in total. The van der Waals surface area contributed by atoms with Gasteiger partial charge in [0.15, 0.2) is 6.04 Å². The first-order valence-corrected chi connectivity index (χ1v) is 5.45. The maximum Gasteiger partial charge on any atom is 0.329 e. The maximum absolute atomic E-state index is 11.1. The molecular weight excluding hydrogens is 218 g/mol. The van der Waals surface area contributed by atoms with Gasteiger partial charge >= 0.3 is 5.97 Å². The lowest BCUT2D eigenvalue weighted by Crippen LogP contribution is -2.54. The van der Waals surface area contributed by atoms with Crippen molar-refractivity contribution in [1.29, 1.82) is 0 Å². The predicted molar refractivity (Wildman–Crippen MR) is 54.1 cm³/mol. The Balaban J connectivity index is 2.24. The van der Waals surface area contributed by atoms with Crippen molar-refractivity contribution in [3.8, 4) is 0 Å². The van der Waals surface area contributed by atoms with Gasteiger partial charge in [-0.3, -0.25) is 0 Å². The molecular formula is C8H11N3O3S. The van der Waals surface area contributed by atoms with Gasteiger partial charge in [-0.1, -0.05) is 11.3 Å². The molecule has 1 aromatic rings. The molecule has 15 heavy (non-hydrogen) atoms. The smallest absolute Gasteiger partial charge is 0.329 e. The van der Waals surface area contributed by atoms with Gasteiger partial charge in [0, 0.05) is 6.54 Å². The summed E-state index contributed by atoms with van der Waals surface area (Å²) >= 11 is 1.34. The Morgan fingerprint density at radius 3 is 3.20 bits per heavy atom. The molecule has 1 fully saturated rings. The number of hydrogen-bond donors (Lipinski definition) is 1. The summed E-state index contributed by atoms with van der Waals surface area (Å²) in [4.78, 5) is 12.8. The van der Waals surface area contributed by atoms with Crippen LogP contribution in [0.3, 0.4) is 0 Å². The van der Waals surface area contributed by atoms with Crippen molar-refractivity contribution in [2.45, 2.75) is 19.1 Å². The van der Waals surface area contributed by atoms with Gasteiger partial charge in [-0.05, 0) is 6.92 Å². The van der Waals surface area contributed by atoms with Gasteiger partial charge in [0.05, 0.1) is 12.7 Å². The van der Waals surface area contributed by atoms with Crippen molar-refractivity contribution in [1.82, 2.24) is 10.2 Å². The zero-order valence-electron chi connectivity index (χ0n) is 8.16. The number of hydrogen-bond acceptors (Lipinski definition) is 6. The van der Waals surface area contributed by atoms with Crippen LogP contribution >= 0.6 is 11.3 Å². The second-order valence-corrected chi connectivity index (χ2v) is 4.09. The molecule has 0 bridgehead atoms. The van der Waals surface area contributed by atoms with Gasteiger partial charge in [-0.2, -0.15) is 0 Å². The van der Waals surface area contributed by atoms with Crippen molar-refractivity contribution in [3.63, 3.8) is 0 Å². The van der Waals surface area contributed by atoms with Crippen molar-refractivity contribution < 1.29 is 14.6 Å². The van der Waals surface area contributed by atoms with Gasteiger partial charge < -0.3 is 14.7 Å². The third-order valence-corrected chi connectivity index (χ3v) is 3.07. The fourth-order valence-corrected chi connectivity index (χ4v) is 2.28. The van der Waals surface area contributed by atoms with Crippen LogP contribution in [0.2, 0.25) is 0 Å². The van der Waals surface area contributed by atoms with Crippen molar-refractivity contribution in [3.05, 3.63) is 5.51 Å². The molecule has 1 aliphatic heterocycles. The predicted octanol–water partition coefficient (Wildman–Crippen LogP) is 0.216. The number of carbonyl (C=O) groups is 1. The molecule has 2 unspecified atom stereocenters. The quantitative estimate of drug-likeness (QED) is 0.781. The average molecular weight is 229 g/mol. The summed E-state index contributed by atoms with van der Waals surface area (Å²) in [5.74, 6) is -0.891. The summed E-state index contributed by atoms with van der Waals surface area (Å²) in [6.45, 7) is 2.81. The van der Waals surface area contributed by atoms with E-state index in [1.165, 1.54) is 11.3 Å². The Kier molecular flexibility index (Phi) is 2.83. The Bertz CT molecular complexity index is 343. The number of carboxylic acids is 1. The normalized spacial score (nSPS) is 26.6. The highest BCUT2D eigenvalue weighted by Crippen LogP contribution is 2.23. The number of rotatable bonds is 2. The molecule has 1 N–H and O–H groups in total. The molecule has 2 heterocycles. The fourth-order valence-electron chi connectivity index (χ4n) is 1.66. The minimum atomic E-state index is -0.891. The third-order valence-electron chi connectivity index (χ3n) is 2.34. The van der Waals surface area contributed by atoms with Crippen LogP contribution in [0.1, 0.15) is 6.92 Å². The molecule has 0 saturated carbocycles. The van der Waals surface area contributed by atoms with E-state index in [1.807, 2.05) is 0 Å². The highest BCUT2D eigenvalue weighted by atomic mass is 32.1. The van der Waals surface area contributed by atoms with Gasteiger partial charge in [0.1, 0.15) is 5.51 Å². The minimum Gasteiger partial charge on any atom is -0.480 e. The summed E-state index contributed by atoms with van der Waals surface area (Å²) in [5, 5.41) is 17.3. The standard InChI is InChI=1S/C8H11N3O3S/c1-5-6(7(12)13)11(2-3-14-5)8-10-9-4-15-8/h4-6H,2-3H2,1H3,(H,12,13). The second-order valence-electron chi connectivity index (χ2n) is 3.27. The largest absolute Gasteiger partial charge is 0.480 e. The Morgan fingerprint density at radius 1 is 1.80 bits per heavy atom. The number of nitrogens with zero attached hydrogens (tertiary/aromatic N) is 3. The lowest BCUT2D eigenvalue weighted by Gasteiger charge is -2.36. The van der Waals surface area contributed by atoms with Crippen molar-refractivity contribution in [2.75, 3.05) is 18.1 Å². The number of aromatic nitrogens is 2. The highest BCUT2D eigenvalue weighted by molar-refractivity contribution is 7.13. The van der Waals surface area contributed by atoms with E-state index >= 15 is 0 Å². The van der Waals surface area contributed by atoms with Crippen molar-refractivity contribution in [2.24, 2.45) is 0 Å². The van der Waals surface area contributed by atoms with Crippen LogP contribution in [-0.4, -0.2) is 46.6 Å². The zero-order valence-corrected chi connectivity index (χ0v) is 8.98. The van der Waals surface area contributed by atoms with Gasteiger partial charge in [-0.15, -0.1) is 10.2 Å². The number of anilines is 1. The van der Waals surface area contributed by atoms with E-state index in [0.717, 1.165) is 0 Å². The first-order chi connectivity index (χ1) is 7.20. The third kappa shape index (κ3) is 1.93. The van der Waals surface area contributed by atoms with E-state index in [9.17, 15) is 4.79 Å². The fraction of sp³-hybridized carbons (Fsp3) is 0.625. The average Bonchev–Trinajstić information content (AvgIpc) is 2.69. The Morgan fingerprint density at radius 2 is 2.60 bits per heavy atom. The summed E-state index contributed by atoms with van der Waals surface area (Å²) < 4.78 is 5.31. The Labute approximate surface area is 90.5 Å². The lowest BCUT2D eigenvalue weighted by atomic mass is 10.1. The van der Waals surface area contributed by atoms with Gasteiger partial charge in [0.25, 0.3) is 0 Å². The van der Waals surface area contributed by atoms with Crippen molar-refractivity contribution >= 4 is 22.4 Å². The highest BCUT2D eigenvalue weighted by Gasteiger charge is 2.36. The maximum atomic E-state index is 11.1. The molecule has 2 atom stereocenters. The number of carboxylic acid groups (broad SMARTS) is 1. The molecule has 1 aliphatic rings. The SMILES string of the molecule is CC1OCCN(c2nncs2)C1C(=O)O. The molecule has 7 heteroatoms. The van der Waals surface area contributed by atoms with E-state index in [-0.39, 0.29) is 6.10 Å². The van der Waals surface area contributed by atoms with Crippen LogP contribution in [0.5, 0.6) is 0 Å². The van der Waals surface area contributed by atoms with Gasteiger partial charge in [-0.25, -0.2) is 4.79 Å². The molecule has 0 spiro atoms. The van der Waals surface area contributed by atoms with E-state index in [0.29, 0.717) is 18.3 Å². The molecule has 1 aromatic heterocycles. The summed E-state index contributed by atoms with van der Waals surface area (Å²) in [5.41, 5.74) is 1.59. The van der Waals surface area contributed by atoms with Crippen LogP contribution in [0.4, 0.5) is 5.13 Å². The van der Waals surface area contributed by atoms with E-state index in [1.54, 1.807) is 17.3 Å². The first-order valence-electron chi connectivity index (χ1n) is 4.57. The van der Waals surface area contributed by atoms with E-state index in [4.69, 9.17) is 9.84 Å². The summed E-state index contributed by atoms with van der Waals surface area (Å²) in [6, 6.07) is -0.674. The number of aliphatic carboxylic acids is 1. The lowest BCUT2D eigenvalue weighted by molar-refractivity contribution is -0.143. The molecule has 0 aromatic carbocycles. The molecule has 0 amide bonds. The molecule has 0 aliphatic carbocycles.